The standard InChI is InChI=1S/C10H12N2O2/c1-12-9(2-4-11-12)10(13)6-8-3-5-14-7-8/h2-5,7,10,13H,6H2,1H3. The summed E-state index contributed by atoms with van der Waals surface area (Å²) >= 11 is 0. The van der Waals surface area contributed by atoms with Gasteiger partial charge in [0.05, 0.1) is 24.3 Å². The minimum absolute atomic E-state index is 0.528. The summed E-state index contributed by atoms with van der Waals surface area (Å²) in [5.74, 6) is 0. The Morgan fingerprint density at radius 3 is 3.00 bits per heavy atom. The molecule has 0 spiro atoms. The molecule has 1 unspecified atom stereocenters. The van der Waals surface area contributed by atoms with E-state index in [0.717, 1.165) is 11.3 Å². The molecule has 2 rings (SSSR count). The van der Waals surface area contributed by atoms with Crippen molar-refractivity contribution in [2.45, 2.75) is 12.5 Å². The van der Waals surface area contributed by atoms with E-state index in [1.165, 1.54) is 0 Å². The van der Waals surface area contributed by atoms with Gasteiger partial charge in [-0.2, -0.15) is 5.10 Å². The van der Waals surface area contributed by atoms with E-state index >= 15 is 0 Å². The average Bonchev–Trinajstić information content (AvgIpc) is 2.75. The Morgan fingerprint density at radius 2 is 2.43 bits per heavy atom. The van der Waals surface area contributed by atoms with Gasteiger partial charge in [0.1, 0.15) is 0 Å². The van der Waals surface area contributed by atoms with E-state index in [2.05, 4.69) is 5.10 Å². The Balaban J connectivity index is 2.10. The summed E-state index contributed by atoms with van der Waals surface area (Å²) in [6.45, 7) is 0. The highest BCUT2D eigenvalue weighted by Gasteiger charge is 2.12. The molecule has 0 saturated carbocycles. The third-order valence-corrected chi connectivity index (χ3v) is 2.21. The van der Waals surface area contributed by atoms with Crippen LogP contribution in [0.25, 0.3) is 0 Å². The van der Waals surface area contributed by atoms with Gasteiger partial charge in [0.2, 0.25) is 0 Å². The topological polar surface area (TPSA) is 51.2 Å². The fraction of sp³-hybridized carbons (Fsp3) is 0.300. The first-order valence-electron chi connectivity index (χ1n) is 4.44. The molecule has 0 aliphatic rings. The van der Waals surface area contributed by atoms with Crippen LogP contribution in [0.5, 0.6) is 0 Å². The Kier molecular flexibility index (Phi) is 2.37. The van der Waals surface area contributed by atoms with Gasteiger partial charge in [0.15, 0.2) is 0 Å². The maximum atomic E-state index is 9.86. The fourth-order valence-electron chi connectivity index (χ4n) is 1.45. The molecular weight excluding hydrogens is 180 g/mol. The highest BCUT2D eigenvalue weighted by atomic mass is 16.3. The smallest absolute Gasteiger partial charge is 0.0997 e. The van der Waals surface area contributed by atoms with Gasteiger partial charge < -0.3 is 9.52 Å². The second kappa shape index (κ2) is 3.67. The number of furan rings is 1. The van der Waals surface area contributed by atoms with Gasteiger partial charge in [-0.05, 0) is 17.7 Å². The van der Waals surface area contributed by atoms with Crippen LogP contribution in [0.4, 0.5) is 0 Å². The van der Waals surface area contributed by atoms with Crippen molar-refractivity contribution in [2.75, 3.05) is 0 Å². The van der Waals surface area contributed by atoms with E-state index in [1.54, 1.807) is 23.4 Å². The van der Waals surface area contributed by atoms with Crippen molar-refractivity contribution in [3.8, 4) is 0 Å². The molecule has 4 nitrogen and oxygen atoms in total. The second-order valence-electron chi connectivity index (χ2n) is 3.23. The predicted octanol–water partition coefficient (Wildman–Crippen LogP) is 1.29. The average molecular weight is 192 g/mol. The number of aliphatic hydroxyl groups is 1. The van der Waals surface area contributed by atoms with E-state index < -0.39 is 6.10 Å². The van der Waals surface area contributed by atoms with Crippen LogP contribution in [0.15, 0.2) is 35.3 Å². The number of rotatable bonds is 3. The molecule has 0 radical (unpaired) electrons. The Labute approximate surface area is 81.8 Å². The monoisotopic (exact) mass is 192 g/mol. The van der Waals surface area contributed by atoms with E-state index in [4.69, 9.17) is 4.42 Å². The van der Waals surface area contributed by atoms with E-state index in [9.17, 15) is 5.11 Å². The van der Waals surface area contributed by atoms with Crippen molar-refractivity contribution < 1.29 is 9.52 Å². The van der Waals surface area contributed by atoms with Crippen molar-refractivity contribution in [1.29, 1.82) is 0 Å². The lowest BCUT2D eigenvalue weighted by atomic mass is 10.1. The number of hydrogen-bond donors (Lipinski definition) is 1. The molecule has 0 aromatic carbocycles. The molecule has 0 amide bonds. The molecule has 1 atom stereocenters. The summed E-state index contributed by atoms with van der Waals surface area (Å²) in [6, 6.07) is 3.66. The molecule has 0 bridgehead atoms. The van der Waals surface area contributed by atoms with Crippen LogP contribution in [0.2, 0.25) is 0 Å². The van der Waals surface area contributed by atoms with E-state index in [0.29, 0.717) is 6.42 Å². The van der Waals surface area contributed by atoms with Crippen molar-refractivity contribution in [3.05, 3.63) is 42.1 Å². The van der Waals surface area contributed by atoms with Crippen LogP contribution in [0.1, 0.15) is 17.4 Å². The third-order valence-electron chi connectivity index (χ3n) is 2.21. The number of aliphatic hydroxyl groups excluding tert-OH is 1. The SMILES string of the molecule is Cn1nccc1C(O)Cc1ccoc1. The van der Waals surface area contributed by atoms with Gasteiger partial charge in [-0.3, -0.25) is 4.68 Å². The summed E-state index contributed by atoms with van der Waals surface area (Å²) in [5, 5.41) is 13.9. The van der Waals surface area contributed by atoms with Crippen molar-refractivity contribution in [1.82, 2.24) is 9.78 Å². The van der Waals surface area contributed by atoms with Crippen LogP contribution < -0.4 is 0 Å². The zero-order valence-electron chi connectivity index (χ0n) is 7.92. The Hall–Kier alpha value is -1.55. The lowest BCUT2D eigenvalue weighted by Gasteiger charge is -2.08. The van der Waals surface area contributed by atoms with Crippen molar-refractivity contribution >= 4 is 0 Å². The number of aryl methyl sites for hydroxylation is 1. The zero-order chi connectivity index (χ0) is 9.97. The molecule has 0 aliphatic heterocycles. The van der Waals surface area contributed by atoms with Crippen LogP contribution in [-0.2, 0) is 13.5 Å². The first-order chi connectivity index (χ1) is 6.77. The van der Waals surface area contributed by atoms with Gasteiger partial charge in [-0.15, -0.1) is 0 Å². The third kappa shape index (κ3) is 1.70. The Morgan fingerprint density at radius 1 is 1.57 bits per heavy atom. The summed E-state index contributed by atoms with van der Waals surface area (Å²) in [5.41, 5.74) is 1.80. The van der Waals surface area contributed by atoms with Gasteiger partial charge in [-0.1, -0.05) is 0 Å². The van der Waals surface area contributed by atoms with Crippen molar-refractivity contribution in [3.63, 3.8) is 0 Å². The number of hydrogen-bond acceptors (Lipinski definition) is 3. The van der Waals surface area contributed by atoms with Crippen molar-refractivity contribution in [2.24, 2.45) is 7.05 Å². The molecule has 14 heavy (non-hydrogen) atoms. The zero-order valence-corrected chi connectivity index (χ0v) is 7.92. The molecule has 0 saturated heterocycles. The van der Waals surface area contributed by atoms with Gasteiger partial charge in [0, 0.05) is 19.7 Å². The molecular formula is C10H12N2O2. The maximum Gasteiger partial charge on any atom is 0.0997 e. The van der Waals surface area contributed by atoms with Crippen LogP contribution in [-0.4, -0.2) is 14.9 Å². The van der Waals surface area contributed by atoms with E-state index in [1.807, 2.05) is 19.2 Å². The predicted molar refractivity (Wildman–Crippen MR) is 50.6 cm³/mol. The van der Waals surface area contributed by atoms with Crippen LogP contribution in [0.3, 0.4) is 0 Å². The lowest BCUT2D eigenvalue weighted by molar-refractivity contribution is 0.168. The summed E-state index contributed by atoms with van der Waals surface area (Å²) in [4.78, 5) is 0. The molecule has 74 valence electrons. The molecule has 0 fully saturated rings. The maximum absolute atomic E-state index is 9.86. The van der Waals surface area contributed by atoms with Gasteiger partial charge in [-0.25, -0.2) is 0 Å². The van der Waals surface area contributed by atoms with Gasteiger partial charge in [0.25, 0.3) is 0 Å². The normalized spacial score (nSPS) is 13.0. The van der Waals surface area contributed by atoms with E-state index in [-0.39, 0.29) is 0 Å². The highest BCUT2D eigenvalue weighted by molar-refractivity contribution is 5.12. The summed E-state index contributed by atoms with van der Waals surface area (Å²) < 4.78 is 6.60. The molecule has 4 heteroatoms. The molecule has 2 aromatic heterocycles. The molecule has 0 aliphatic carbocycles. The largest absolute Gasteiger partial charge is 0.472 e. The van der Waals surface area contributed by atoms with Gasteiger partial charge >= 0.3 is 0 Å². The quantitative estimate of drug-likeness (QED) is 0.797. The van der Waals surface area contributed by atoms with Crippen LogP contribution >= 0.6 is 0 Å². The molecule has 2 heterocycles. The summed E-state index contributed by atoms with van der Waals surface area (Å²) in [6.07, 6.45) is 4.94. The molecule has 2 aromatic rings. The van der Waals surface area contributed by atoms with Crippen LogP contribution in [0, 0.1) is 0 Å². The minimum Gasteiger partial charge on any atom is -0.472 e. The first kappa shape index (κ1) is 9.02. The molecule has 1 N–H and O–H groups in total. The second-order valence-corrected chi connectivity index (χ2v) is 3.23. The summed E-state index contributed by atoms with van der Waals surface area (Å²) in [7, 11) is 1.81. The lowest BCUT2D eigenvalue weighted by Crippen LogP contribution is -2.07. The number of aromatic nitrogens is 2. The highest BCUT2D eigenvalue weighted by Crippen LogP contribution is 2.17. The number of nitrogens with zero attached hydrogens (tertiary/aromatic N) is 2. The Bertz CT molecular complexity index is 392. The fourth-order valence-corrected chi connectivity index (χ4v) is 1.45. The first-order valence-corrected chi connectivity index (χ1v) is 4.44. The minimum atomic E-state index is -0.528.